The number of amides is 2. The number of rotatable bonds is 2. The third kappa shape index (κ3) is 3.61. The Balaban J connectivity index is 1.78. The zero-order chi connectivity index (χ0) is 14.5. The van der Waals surface area contributed by atoms with Crippen LogP contribution in [-0.4, -0.2) is 79.8 Å². The standard InChI is InChI=1S/C13H24N4O3/c1-3-20-13(19)17-6-4-16(5-7-17)12(18)11-9-14-10(2)8-15-11/h10-11,14-15H,3-9H2,1-2H3. The first-order valence-electron chi connectivity index (χ1n) is 7.29. The molecule has 0 spiro atoms. The van der Waals surface area contributed by atoms with E-state index in [0.29, 0.717) is 45.4 Å². The molecule has 2 amide bonds. The summed E-state index contributed by atoms with van der Waals surface area (Å²) < 4.78 is 4.97. The van der Waals surface area contributed by atoms with Crippen molar-refractivity contribution in [1.29, 1.82) is 0 Å². The second-order valence-electron chi connectivity index (χ2n) is 5.28. The molecule has 0 aromatic heterocycles. The molecule has 2 aliphatic rings. The summed E-state index contributed by atoms with van der Waals surface area (Å²) in [6.45, 7) is 7.97. The van der Waals surface area contributed by atoms with Gasteiger partial charge < -0.3 is 25.2 Å². The van der Waals surface area contributed by atoms with Crippen LogP contribution in [0.5, 0.6) is 0 Å². The van der Waals surface area contributed by atoms with Crippen LogP contribution in [0.3, 0.4) is 0 Å². The zero-order valence-corrected chi connectivity index (χ0v) is 12.2. The average molecular weight is 284 g/mol. The molecular weight excluding hydrogens is 260 g/mol. The Kier molecular flexibility index (Phi) is 5.19. The topological polar surface area (TPSA) is 73.9 Å². The Morgan fingerprint density at radius 1 is 1.10 bits per heavy atom. The second-order valence-corrected chi connectivity index (χ2v) is 5.28. The minimum Gasteiger partial charge on any atom is -0.450 e. The van der Waals surface area contributed by atoms with E-state index in [2.05, 4.69) is 17.6 Å². The summed E-state index contributed by atoms with van der Waals surface area (Å²) in [7, 11) is 0. The van der Waals surface area contributed by atoms with Crippen molar-refractivity contribution in [2.75, 3.05) is 45.9 Å². The lowest BCUT2D eigenvalue weighted by atomic mass is 10.1. The van der Waals surface area contributed by atoms with Crippen LogP contribution in [0, 0.1) is 0 Å². The molecule has 114 valence electrons. The Morgan fingerprint density at radius 2 is 1.75 bits per heavy atom. The zero-order valence-electron chi connectivity index (χ0n) is 12.2. The van der Waals surface area contributed by atoms with Crippen LogP contribution in [0.15, 0.2) is 0 Å². The fourth-order valence-corrected chi connectivity index (χ4v) is 2.50. The predicted octanol–water partition coefficient (Wildman–Crippen LogP) is -0.763. The van der Waals surface area contributed by atoms with Gasteiger partial charge in [-0.15, -0.1) is 0 Å². The van der Waals surface area contributed by atoms with E-state index in [9.17, 15) is 9.59 Å². The maximum atomic E-state index is 12.4. The van der Waals surface area contributed by atoms with E-state index in [4.69, 9.17) is 4.74 Å². The van der Waals surface area contributed by atoms with Gasteiger partial charge >= 0.3 is 6.09 Å². The van der Waals surface area contributed by atoms with Crippen molar-refractivity contribution in [2.24, 2.45) is 0 Å². The normalized spacial score (nSPS) is 27.3. The largest absolute Gasteiger partial charge is 0.450 e. The predicted molar refractivity (Wildman–Crippen MR) is 74.4 cm³/mol. The van der Waals surface area contributed by atoms with Crippen LogP contribution in [0.4, 0.5) is 4.79 Å². The van der Waals surface area contributed by atoms with Gasteiger partial charge in [0.05, 0.1) is 12.6 Å². The number of ether oxygens (including phenoxy) is 1. The van der Waals surface area contributed by atoms with Crippen molar-refractivity contribution < 1.29 is 14.3 Å². The highest BCUT2D eigenvalue weighted by Gasteiger charge is 2.30. The number of hydrogen-bond donors (Lipinski definition) is 2. The lowest BCUT2D eigenvalue weighted by Gasteiger charge is -2.37. The lowest BCUT2D eigenvalue weighted by molar-refractivity contribution is -0.135. The molecule has 7 nitrogen and oxygen atoms in total. The summed E-state index contributed by atoms with van der Waals surface area (Å²) >= 11 is 0. The van der Waals surface area contributed by atoms with Gasteiger partial charge in [-0.3, -0.25) is 4.79 Å². The van der Waals surface area contributed by atoms with Crippen LogP contribution in [0.25, 0.3) is 0 Å². The van der Waals surface area contributed by atoms with E-state index in [1.807, 2.05) is 4.90 Å². The fourth-order valence-electron chi connectivity index (χ4n) is 2.50. The Labute approximate surface area is 119 Å². The fraction of sp³-hybridized carbons (Fsp3) is 0.846. The van der Waals surface area contributed by atoms with E-state index in [1.165, 1.54) is 0 Å². The highest BCUT2D eigenvalue weighted by molar-refractivity contribution is 5.82. The first-order valence-corrected chi connectivity index (χ1v) is 7.29. The Hall–Kier alpha value is -1.34. The Bertz CT molecular complexity index is 348. The quantitative estimate of drug-likeness (QED) is 0.697. The van der Waals surface area contributed by atoms with Crippen molar-refractivity contribution in [2.45, 2.75) is 25.9 Å². The summed E-state index contributed by atoms with van der Waals surface area (Å²) in [5.41, 5.74) is 0. The molecule has 2 atom stereocenters. The van der Waals surface area contributed by atoms with Crippen molar-refractivity contribution in [3.63, 3.8) is 0 Å². The average Bonchev–Trinajstić information content (AvgIpc) is 2.48. The summed E-state index contributed by atoms with van der Waals surface area (Å²) in [6.07, 6.45) is -0.286. The molecule has 2 saturated heterocycles. The van der Waals surface area contributed by atoms with Gasteiger partial charge in [-0.25, -0.2) is 4.79 Å². The number of piperazine rings is 2. The van der Waals surface area contributed by atoms with E-state index in [-0.39, 0.29) is 18.0 Å². The molecule has 0 aliphatic carbocycles. The van der Waals surface area contributed by atoms with Crippen molar-refractivity contribution in [3.05, 3.63) is 0 Å². The van der Waals surface area contributed by atoms with E-state index in [1.54, 1.807) is 11.8 Å². The highest BCUT2D eigenvalue weighted by atomic mass is 16.6. The monoisotopic (exact) mass is 284 g/mol. The minimum absolute atomic E-state index is 0.118. The maximum absolute atomic E-state index is 12.4. The Morgan fingerprint density at radius 3 is 2.30 bits per heavy atom. The van der Waals surface area contributed by atoms with Gasteiger partial charge in [-0.1, -0.05) is 0 Å². The van der Waals surface area contributed by atoms with Crippen LogP contribution >= 0.6 is 0 Å². The second kappa shape index (κ2) is 6.90. The number of nitrogens with one attached hydrogen (secondary N) is 2. The highest BCUT2D eigenvalue weighted by Crippen LogP contribution is 2.07. The molecule has 0 aromatic rings. The van der Waals surface area contributed by atoms with E-state index < -0.39 is 0 Å². The first kappa shape index (κ1) is 15.1. The van der Waals surface area contributed by atoms with Gasteiger partial charge in [-0.05, 0) is 13.8 Å². The smallest absolute Gasteiger partial charge is 0.409 e. The molecule has 2 fully saturated rings. The van der Waals surface area contributed by atoms with Crippen LogP contribution in [-0.2, 0) is 9.53 Å². The van der Waals surface area contributed by atoms with Gasteiger partial charge in [0, 0.05) is 45.3 Å². The number of nitrogens with zero attached hydrogens (tertiary/aromatic N) is 2. The van der Waals surface area contributed by atoms with Gasteiger partial charge in [0.15, 0.2) is 0 Å². The third-order valence-corrected chi connectivity index (χ3v) is 3.76. The first-order chi connectivity index (χ1) is 9.61. The molecule has 7 heteroatoms. The molecule has 0 aromatic carbocycles. The van der Waals surface area contributed by atoms with Crippen molar-refractivity contribution >= 4 is 12.0 Å². The maximum Gasteiger partial charge on any atom is 0.409 e. The molecule has 0 bridgehead atoms. The number of hydrogen-bond acceptors (Lipinski definition) is 5. The summed E-state index contributed by atoms with van der Waals surface area (Å²) in [5.74, 6) is 0.118. The van der Waals surface area contributed by atoms with E-state index in [0.717, 1.165) is 6.54 Å². The molecule has 0 saturated carbocycles. The van der Waals surface area contributed by atoms with Crippen molar-refractivity contribution in [3.8, 4) is 0 Å². The van der Waals surface area contributed by atoms with Crippen LogP contribution in [0.1, 0.15) is 13.8 Å². The number of carbonyl (C=O) groups is 2. The molecule has 2 aliphatic heterocycles. The van der Waals surface area contributed by atoms with Gasteiger partial charge in [0.2, 0.25) is 5.91 Å². The van der Waals surface area contributed by atoms with Gasteiger partial charge in [-0.2, -0.15) is 0 Å². The molecule has 20 heavy (non-hydrogen) atoms. The molecule has 2 unspecified atom stereocenters. The van der Waals surface area contributed by atoms with Crippen LogP contribution < -0.4 is 10.6 Å². The number of carbonyl (C=O) groups excluding carboxylic acids is 2. The molecule has 2 rings (SSSR count). The molecule has 0 radical (unpaired) electrons. The van der Waals surface area contributed by atoms with Crippen LogP contribution in [0.2, 0.25) is 0 Å². The SMILES string of the molecule is CCOC(=O)N1CCN(C(=O)C2CNC(C)CN2)CC1. The van der Waals surface area contributed by atoms with E-state index >= 15 is 0 Å². The van der Waals surface area contributed by atoms with Gasteiger partial charge in [0.1, 0.15) is 0 Å². The summed E-state index contributed by atoms with van der Waals surface area (Å²) in [5, 5.41) is 6.56. The molecule has 2 N–H and O–H groups in total. The van der Waals surface area contributed by atoms with Crippen molar-refractivity contribution in [1.82, 2.24) is 20.4 Å². The third-order valence-electron chi connectivity index (χ3n) is 3.76. The summed E-state index contributed by atoms with van der Waals surface area (Å²) in [6, 6.07) is 0.250. The minimum atomic E-state index is -0.286. The molecular formula is C13H24N4O3. The summed E-state index contributed by atoms with van der Waals surface area (Å²) in [4.78, 5) is 27.4. The molecule has 2 heterocycles. The lowest BCUT2D eigenvalue weighted by Crippen LogP contribution is -2.61. The van der Waals surface area contributed by atoms with Gasteiger partial charge in [0.25, 0.3) is 0 Å².